The highest BCUT2D eigenvalue weighted by Crippen LogP contribution is 2.10. The van der Waals surface area contributed by atoms with E-state index in [1.54, 1.807) is 0 Å². The van der Waals surface area contributed by atoms with Crippen LogP contribution < -0.4 is 0 Å². The molecule has 0 unspecified atom stereocenters. The van der Waals surface area contributed by atoms with Crippen molar-refractivity contribution in [3.63, 3.8) is 0 Å². The number of hydrogen-bond acceptors (Lipinski definition) is 4. The minimum absolute atomic E-state index is 0.137. The lowest BCUT2D eigenvalue weighted by molar-refractivity contribution is -0.154. The average molecular weight is 376 g/mol. The van der Waals surface area contributed by atoms with Crippen LogP contribution in [0.2, 0.25) is 0 Å². The molecule has 0 aliphatic carbocycles. The molecule has 1 amide bonds. The van der Waals surface area contributed by atoms with Crippen molar-refractivity contribution >= 4 is 17.7 Å². The van der Waals surface area contributed by atoms with Crippen LogP contribution in [0.1, 0.15) is 70.8 Å². The Bertz CT molecular complexity index is 567. The molecule has 0 spiro atoms. The number of nitrogens with zero attached hydrogens (tertiary/aromatic N) is 1. The first-order chi connectivity index (χ1) is 13.1. The number of carbonyl (C=O) groups excluding carboxylic acids is 3. The number of esters is 1. The Labute approximate surface area is 163 Å². The maximum atomic E-state index is 11.9. The Morgan fingerprint density at radius 2 is 1.37 bits per heavy atom. The van der Waals surface area contributed by atoms with Crippen molar-refractivity contribution in [2.45, 2.75) is 71.8 Å². The summed E-state index contributed by atoms with van der Waals surface area (Å²) in [6.07, 6.45) is 6.50. The third-order valence-electron chi connectivity index (χ3n) is 4.60. The number of rotatable bonds is 14. The van der Waals surface area contributed by atoms with Gasteiger partial charge in [0.05, 0.1) is 0 Å². The van der Waals surface area contributed by atoms with E-state index < -0.39 is 11.8 Å². The fourth-order valence-electron chi connectivity index (χ4n) is 2.91. The fourth-order valence-corrected chi connectivity index (χ4v) is 2.91. The number of ketones is 1. The number of carbonyl (C=O) groups is 3. The number of amides is 1. The lowest BCUT2D eigenvalue weighted by Gasteiger charge is -2.18. The molecule has 0 bridgehead atoms. The predicted octanol–water partition coefficient (Wildman–Crippen LogP) is 4.29. The number of ether oxygens (including phenoxy) is 1. The Morgan fingerprint density at radius 3 is 1.96 bits per heavy atom. The molecule has 1 rings (SSSR count). The zero-order valence-corrected chi connectivity index (χ0v) is 16.7. The number of benzene rings is 1. The topological polar surface area (TPSA) is 63.7 Å². The summed E-state index contributed by atoms with van der Waals surface area (Å²) in [5, 5.41) is 0. The van der Waals surface area contributed by atoms with Crippen LogP contribution in [0.25, 0.3) is 0 Å². The van der Waals surface area contributed by atoms with Crippen LogP contribution in [-0.4, -0.2) is 35.6 Å². The van der Waals surface area contributed by atoms with E-state index >= 15 is 0 Å². The van der Waals surface area contributed by atoms with Crippen LogP contribution in [0.15, 0.2) is 30.3 Å². The molecule has 0 saturated carbocycles. The van der Waals surface area contributed by atoms with Gasteiger partial charge in [-0.05, 0) is 32.3 Å². The van der Waals surface area contributed by atoms with Crippen molar-refractivity contribution in [2.75, 3.05) is 13.1 Å². The van der Waals surface area contributed by atoms with E-state index in [0.29, 0.717) is 12.8 Å². The second kappa shape index (κ2) is 14.0. The third kappa shape index (κ3) is 9.92. The molecule has 1 aromatic rings. The molecule has 5 heteroatoms. The van der Waals surface area contributed by atoms with E-state index in [1.165, 1.54) is 0 Å². The van der Waals surface area contributed by atoms with E-state index in [4.69, 9.17) is 4.74 Å². The predicted molar refractivity (Wildman–Crippen MR) is 106 cm³/mol. The van der Waals surface area contributed by atoms with Crippen LogP contribution in [0, 0.1) is 0 Å². The summed E-state index contributed by atoms with van der Waals surface area (Å²) >= 11 is 0. The molecular formula is C22H33NO4. The zero-order valence-electron chi connectivity index (χ0n) is 16.7. The van der Waals surface area contributed by atoms with Crippen molar-refractivity contribution < 1.29 is 19.1 Å². The summed E-state index contributed by atoms with van der Waals surface area (Å²) in [6.45, 7) is 5.69. The maximum Gasteiger partial charge on any atom is 0.374 e. The monoisotopic (exact) mass is 375 g/mol. The highest BCUT2D eigenvalue weighted by Gasteiger charge is 2.14. The fraction of sp³-hybridized carbons (Fsp3) is 0.591. The molecule has 0 aliphatic rings. The van der Waals surface area contributed by atoms with Gasteiger partial charge in [-0.2, -0.15) is 0 Å². The third-order valence-corrected chi connectivity index (χ3v) is 4.60. The summed E-state index contributed by atoms with van der Waals surface area (Å²) in [5.74, 6) is -0.955. The van der Waals surface area contributed by atoms with Crippen LogP contribution in [-0.2, 0) is 25.7 Å². The highest BCUT2D eigenvalue weighted by molar-refractivity contribution is 6.33. The van der Waals surface area contributed by atoms with Crippen molar-refractivity contribution in [1.82, 2.24) is 4.90 Å². The van der Waals surface area contributed by atoms with Gasteiger partial charge >= 0.3 is 5.97 Å². The summed E-state index contributed by atoms with van der Waals surface area (Å²) in [7, 11) is 0. The minimum Gasteiger partial charge on any atom is -0.455 e. The molecule has 0 atom stereocenters. The van der Waals surface area contributed by atoms with Gasteiger partial charge < -0.3 is 9.64 Å². The lowest BCUT2D eigenvalue weighted by atomic mass is 10.1. The standard InChI is InChI=1S/C22H33NO4/c1-3-23(4-2)21(25)17-13-8-6-5-7-12-16-20(24)22(26)27-18-19-14-10-9-11-15-19/h9-11,14-15H,3-8,12-13,16-18H2,1-2H3. The van der Waals surface area contributed by atoms with Crippen molar-refractivity contribution in [3.05, 3.63) is 35.9 Å². The molecule has 0 heterocycles. The average Bonchev–Trinajstić information content (AvgIpc) is 2.69. The van der Waals surface area contributed by atoms with Gasteiger partial charge in [0.15, 0.2) is 0 Å². The molecule has 27 heavy (non-hydrogen) atoms. The van der Waals surface area contributed by atoms with E-state index in [0.717, 1.165) is 50.8 Å². The molecule has 1 aromatic carbocycles. The molecule has 5 nitrogen and oxygen atoms in total. The Hall–Kier alpha value is -2.17. The highest BCUT2D eigenvalue weighted by atomic mass is 16.5. The Kier molecular flexibility index (Phi) is 11.8. The van der Waals surface area contributed by atoms with E-state index in [-0.39, 0.29) is 18.9 Å². The molecule has 0 aliphatic heterocycles. The molecule has 0 aromatic heterocycles. The van der Waals surface area contributed by atoms with Gasteiger partial charge in [0.25, 0.3) is 0 Å². The van der Waals surface area contributed by atoms with Crippen LogP contribution in [0.4, 0.5) is 0 Å². The van der Waals surface area contributed by atoms with Gasteiger partial charge in [0, 0.05) is 25.9 Å². The molecule has 0 N–H and O–H groups in total. The summed E-state index contributed by atoms with van der Waals surface area (Å²) in [5.41, 5.74) is 0.873. The summed E-state index contributed by atoms with van der Waals surface area (Å²) in [4.78, 5) is 37.2. The van der Waals surface area contributed by atoms with Gasteiger partial charge in [-0.1, -0.05) is 56.0 Å². The molecule has 0 fully saturated rings. The Balaban J connectivity index is 2.01. The van der Waals surface area contributed by atoms with Crippen LogP contribution in [0.3, 0.4) is 0 Å². The van der Waals surface area contributed by atoms with Crippen molar-refractivity contribution in [2.24, 2.45) is 0 Å². The summed E-state index contributed by atoms with van der Waals surface area (Å²) in [6, 6.07) is 9.33. The van der Waals surface area contributed by atoms with Crippen LogP contribution in [0.5, 0.6) is 0 Å². The zero-order chi connectivity index (χ0) is 19.9. The van der Waals surface area contributed by atoms with Gasteiger partial charge in [-0.25, -0.2) is 4.79 Å². The SMILES string of the molecule is CCN(CC)C(=O)CCCCCCCCC(=O)C(=O)OCc1ccccc1. The second-order valence-electron chi connectivity index (χ2n) is 6.67. The maximum absolute atomic E-state index is 11.9. The minimum atomic E-state index is -0.742. The van der Waals surface area contributed by atoms with E-state index in [9.17, 15) is 14.4 Å². The molecule has 150 valence electrons. The second-order valence-corrected chi connectivity index (χ2v) is 6.67. The first-order valence-electron chi connectivity index (χ1n) is 10.1. The Morgan fingerprint density at radius 1 is 0.815 bits per heavy atom. The first-order valence-corrected chi connectivity index (χ1v) is 10.1. The molecular weight excluding hydrogens is 342 g/mol. The van der Waals surface area contributed by atoms with Gasteiger partial charge in [-0.3, -0.25) is 9.59 Å². The molecule has 0 radical (unpaired) electrons. The smallest absolute Gasteiger partial charge is 0.374 e. The number of unbranched alkanes of at least 4 members (excludes halogenated alkanes) is 5. The number of Topliss-reactive ketones (excluding diaryl/α,β-unsaturated/α-hetero) is 1. The van der Waals surface area contributed by atoms with Gasteiger partial charge in [0.1, 0.15) is 6.61 Å². The quantitative estimate of drug-likeness (QED) is 0.276. The first kappa shape index (κ1) is 22.9. The lowest BCUT2D eigenvalue weighted by Crippen LogP contribution is -2.30. The van der Waals surface area contributed by atoms with E-state index in [1.807, 2.05) is 49.1 Å². The van der Waals surface area contributed by atoms with Gasteiger partial charge in [0.2, 0.25) is 11.7 Å². The van der Waals surface area contributed by atoms with Crippen molar-refractivity contribution in [1.29, 1.82) is 0 Å². The summed E-state index contributed by atoms with van der Waals surface area (Å²) < 4.78 is 5.04. The largest absolute Gasteiger partial charge is 0.455 e. The molecule has 0 saturated heterocycles. The number of hydrogen-bond donors (Lipinski definition) is 0. The van der Waals surface area contributed by atoms with Gasteiger partial charge in [-0.15, -0.1) is 0 Å². The normalized spacial score (nSPS) is 10.4. The van der Waals surface area contributed by atoms with Crippen molar-refractivity contribution in [3.8, 4) is 0 Å². The van der Waals surface area contributed by atoms with Crippen LogP contribution >= 0.6 is 0 Å². The van der Waals surface area contributed by atoms with E-state index in [2.05, 4.69) is 0 Å².